The lowest BCUT2D eigenvalue weighted by atomic mass is 10.1. The van der Waals surface area contributed by atoms with Crippen LogP contribution in [0.2, 0.25) is 4.34 Å². The number of halogens is 1. The standard InChI is InChI=1S/C21H24ClN3O6S2/c1-12-10-14(4-5-15(12)25-8-9-31-11-18(25)26)23-21(28)19(13(2)33(3,29)30)24-20(27)16-6-7-17(22)32-16/h4-7,10,13,19H,8-9,11H2,1-3H3,(H,23,28)(H,24,27)/t13?,19-/m0/s1. The zero-order chi connectivity index (χ0) is 24.3. The maximum atomic E-state index is 13.0. The van der Waals surface area contributed by atoms with E-state index in [2.05, 4.69) is 10.6 Å². The molecule has 3 rings (SSSR count). The van der Waals surface area contributed by atoms with Crippen LogP contribution in [-0.4, -0.2) is 63.4 Å². The van der Waals surface area contributed by atoms with Crippen LogP contribution in [0.15, 0.2) is 30.3 Å². The highest BCUT2D eigenvalue weighted by atomic mass is 35.5. The molecule has 1 unspecified atom stereocenters. The van der Waals surface area contributed by atoms with Crippen LogP contribution >= 0.6 is 22.9 Å². The average molecular weight is 514 g/mol. The first-order valence-corrected chi connectivity index (χ1v) is 13.2. The van der Waals surface area contributed by atoms with Crippen LogP contribution in [-0.2, 0) is 24.2 Å². The third-order valence-corrected chi connectivity index (χ3v) is 8.10. The molecule has 1 saturated heterocycles. The van der Waals surface area contributed by atoms with Crippen molar-refractivity contribution >= 4 is 61.9 Å². The molecule has 0 radical (unpaired) electrons. The van der Waals surface area contributed by atoms with Crippen molar-refractivity contribution in [1.29, 1.82) is 0 Å². The number of nitrogens with one attached hydrogen (secondary N) is 2. The van der Waals surface area contributed by atoms with Crippen molar-refractivity contribution in [3.8, 4) is 0 Å². The number of nitrogens with zero attached hydrogens (tertiary/aromatic N) is 1. The molecule has 0 saturated carbocycles. The Morgan fingerprint density at radius 2 is 1.97 bits per heavy atom. The number of amides is 3. The predicted molar refractivity (Wildman–Crippen MR) is 128 cm³/mol. The highest BCUT2D eigenvalue weighted by molar-refractivity contribution is 7.91. The molecule has 1 aromatic carbocycles. The van der Waals surface area contributed by atoms with Crippen molar-refractivity contribution < 1.29 is 27.5 Å². The molecular formula is C21H24ClN3O6S2. The predicted octanol–water partition coefficient (Wildman–Crippen LogP) is 2.24. The summed E-state index contributed by atoms with van der Waals surface area (Å²) < 4.78 is 29.9. The molecule has 178 valence electrons. The van der Waals surface area contributed by atoms with E-state index in [0.29, 0.717) is 28.9 Å². The van der Waals surface area contributed by atoms with E-state index in [1.165, 1.54) is 13.0 Å². The number of carbonyl (C=O) groups excluding carboxylic acids is 3. The van der Waals surface area contributed by atoms with Crippen molar-refractivity contribution in [2.24, 2.45) is 0 Å². The van der Waals surface area contributed by atoms with Crippen molar-refractivity contribution in [1.82, 2.24) is 5.32 Å². The van der Waals surface area contributed by atoms with Crippen molar-refractivity contribution in [2.45, 2.75) is 25.1 Å². The van der Waals surface area contributed by atoms with E-state index in [4.69, 9.17) is 16.3 Å². The molecule has 1 fully saturated rings. The van der Waals surface area contributed by atoms with E-state index in [-0.39, 0.29) is 17.4 Å². The van der Waals surface area contributed by atoms with Crippen LogP contribution in [0.1, 0.15) is 22.2 Å². The normalized spacial score (nSPS) is 16.2. The third-order valence-electron chi connectivity index (χ3n) is 5.25. The van der Waals surface area contributed by atoms with Gasteiger partial charge in [-0.1, -0.05) is 11.6 Å². The summed E-state index contributed by atoms with van der Waals surface area (Å²) in [7, 11) is -3.65. The number of morpholine rings is 1. The zero-order valence-electron chi connectivity index (χ0n) is 18.3. The number of ether oxygens (including phenoxy) is 1. The summed E-state index contributed by atoms with van der Waals surface area (Å²) in [5.41, 5.74) is 1.85. The Morgan fingerprint density at radius 3 is 2.55 bits per heavy atom. The van der Waals surface area contributed by atoms with Gasteiger partial charge in [0.2, 0.25) is 5.91 Å². The summed E-state index contributed by atoms with van der Waals surface area (Å²) in [5, 5.41) is 4.00. The molecule has 3 amide bonds. The summed E-state index contributed by atoms with van der Waals surface area (Å²) in [4.78, 5) is 39.6. The van der Waals surface area contributed by atoms with E-state index in [1.807, 2.05) is 0 Å². The van der Waals surface area contributed by atoms with Crippen LogP contribution in [0.5, 0.6) is 0 Å². The van der Waals surface area contributed by atoms with E-state index in [9.17, 15) is 22.8 Å². The fourth-order valence-corrected chi connectivity index (χ4v) is 4.95. The van der Waals surface area contributed by atoms with Crippen molar-refractivity contribution in [3.05, 3.63) is 45.1 Å². The summed E-state index contributed by atoms with van der Waals surface area (Å²) in [5.74, 6) is -1.43. The molecule has 2 heterocycles. The van der Waals surface area contributed by atoms with Gasteiger partial charge in [0.25, 0.3) is 11.8 Å². The second-order valence-electron chi connectivity index (χ2n) is 7.68. The Hall–Kier alpha value is -2.47. The topological polar surface area (TPSA) is 122 Å². The molecule has 2 aromatic rings. The highest BCUT2D eigenvalue weighted by Gasteiger charge is 2.34. The minimum Gasteiger partial charge on any atom is -0.370 e. The van der Waals surface area contributed by atoms with Gasteiger partial charge in [0, 0.05) is 24.2 Å². The number of benzene rings is 1. The lowest BCUT2D eigenvalue weighted by molar-refractivity contribution is -0.125. The largest absolute Gasteiger partial charge is 0.370 e. The first-order chi connectivity index (χ1) is 15.5. The van der Waals surface area contributed by atoms with Gasteiger partial charge in [0.1, 0.15) is 12.6 Å². The minimum atomic E-state index is -3.65. The van der Waals surface area contributed by atoms with Gasteiger partial charge in [-0.05, 0) is 49.7 Å². The van der Waals surface area contributed by atoms with E-state index < -0.39 is 32.9 Å². The molecule has 0 bridgehead atoms. The van der Waals surface area contributed by atoms with Crippen molar-refractivity contribution in [3.63, 3.8) is 0 Å². The Kier molecular flexibility index (Phi) is 7.78. The first-order valence-electron chi connectivity index (χ1n) is 10.0. The van der Waals surface area contributed by atoms with Gasteiger partial charge < -0.3 is 20.3 Å². The number of anilines is 2. The molecule has 1 aliphatic heterocycles. The number of rotatable bonds is 7. The Balaban J connectivity index is 1.80. The van der Waals surface area contributed by atoms with Crippen LogP contribution in [0, 0.1) is 6.92 Å². The SMILES string of the molecule is Cc1cc(NC(=O)[C@@H](NC(=O)c2ccc(Cl)s2)C(C)S(C)(=O)=O)ccc1N1CCOCC1=O. The van der Waals surface area contributed by atoms with Crippen LogP contribution < -0.4 is 15.5 Å². The molecule has 9 nitrogen and oxygen atoms in total. The lowest BCUT2D eigenvalue weighted by Gasteiger charge is -2.28. The molecule has 0 spiro atoms. The maximum Gasteiger partial charge on any atom is 0.262 e. The molecule has 12 heteroatoms. The van der Waals surface area contributed by atoms with Crippen molar-refractivity contribution in [2.75, 3.05) is 36.2 Å². The average Bonchev–Trinajstić information content (AvgIpc) is 3.18. The van der Waals surface area contributed by atoms with Crippen LogP contribution in [0.25, 0.3) is 0 Å². The number of hydrogen-bond donors (Lipinski definition) is 2. The van der Waals surface area contributed by atoms with E-state index >= 15 is 0 Å². The van der Waals surface area contributed by atoms with Crippen LogP contribution in [0.3, 0.4) is 0 Å². The quantitative estimate of drug-likeness (QED) is 0.585. The van der Waals surface area contributed by atoms with Gasteiger partial charge in [0.05, 0.1) is 21.1 Å². The third kappa shape index (κ3) is 6.11. The molecule has 1 aliphatic rings. The monoisotopic (exact) mass is 513 g/mol. The second kappa shape index (κ2) is 10.2. The molecule has 1 aromatic heterocycles. The minimum absolute atomic E-state index is 0.0120. The van der Waals surface area contributed by atoms with Crippen LogP contribution in [0.4, 0.5) is 11.4 Å². The maximum absolute atomic E-state index is 13.0. The van der Waals surface area contributed by atoms with Gasteiger partial charge in [-0.25, -0.2) is 8.42 Å². The summed E-state index contributed by atoms with van der Waals surface area (Å²) in [6.45, 7) is 4.03. The number of carbonyl (C=O) groups is 3. The second-order valence-corrected chi connectivity index (χ2v) is 11.8. The summed E-state index contributed by atoms with van der Waals surface area (Å²) >= 11 is 6.89. The molecule has 33 heavy (non-hydrogen) atoms. The van der Waals surface area contributed by atoms with Gasteiger partial charge in [-0.2, -0.15) is 0 Å². The molecular weight excluding hydrogens is 490 g/mol. The van der Waals surface area contributed by atoms with Gasteiger partial charge in [-0.15, -0.1) is 11.3 Å². The number of thiophene rings is 1. The Bertz CT molecular complexity index is 1180. The van der Waals surface area contributed by atoms with E-state index in [1.54, 1.807) is 36.1 Å². The lowest BCUT2D eigenvalue weighted by Crippen LogP contribution is -2.52. The number of aryl methyl sites for hydroxylation is 1. The van der Waals surface area contributed by atoms with Gasteiger partial charge >= 0.3 is 0 Å². The number of hydrogen-bond acceptors (Lipinski definition) is 7. The first kappa shape index (κ1) is 25.2. The summed E-state index contributed by atoms with van der Waals surface area (Å²) in [6.07, 6.45) is 1.00. The zero-order valence-corrected chi connectivity index (χ0v) is 20.6. The van der Waals surface area contributed by atoms with Gasteiger partial charge in [0.15, 0.2) is 9.84 Å². The van der Waals surface area contributed by atoms with Gasteiger partial charge in [-0.3, -0.25) is 14.4 Å². The highest BCUT2D eigenvalue weighted by Crippen LogP contribution is 2.26. The Morgan fingerprint density at radius 1 is 1.24 bits per heavy atom. The fraction of sp³-hybridized carbons (Fsp3) is 0.381. The fourth-order valence-electron chi connectivity index (χ4n) is 3.32. The molecule has 2 atom stereocenters. The summed E-state index contributed by atoms with van der Waals surface area (Å²) in [6, 6.07) is 6.70. The molecule has 0 aliphatic carbocycles. The van der Waals surface area contributed by atoms with E-state index in [0.717, 1.165) is 23.2 Å². The number of sulfone groups is 1. The Labute approximate surface area is 201 Å². The molecule has 2 N–H and O–H groups in total. The smallest absolute Gasteiger partial charge is 0.262 e.